The molecule has 2 aliphatic rings. The standard InChI is InChI=1S/2C14H16N4.4C2H6/c1-10-6-4-5-7-12(10)18-11(2)17(3)14-13(18)8-15-9-16-14;1-10-6-4-5-7-12(10)18-11(2)17(3)13-8-15-9-16-14(13)18;4*1-2/h2*4-9,11H,1-3H3;4*1-2H3. The molecule has 2 aliphatic heterocycles. The van der Waals surface area contributed by atoms with Gasteiger partial charge in [0, 0.05) is 25.5 Å². The highest BCUT2D eigenvalue weighted by atomic mass is 15.4. The van der Waals surface area contributed by atoms with Crippen molar-refractivity contribution < 1.29 is 0 Å². The fourth-order valence-electron chi connectivity index (χ4n) is 4.92. The summed E-state index contributed by atoms with van der Waals surface area (Å²) in [5.41, 5.74) is 7.08. The Labute approximate surface area is 267 Å². The van der Waals surface area contributed by atoms with Gasteiger partial charge in [-0.25, -0.2) is 19.9 Å². The predicted molar refractivity (Wildman–Crippen MR) is 192 cm³/mol. The third-order valence-corrected chi connectivity index (χ3v) is 7.17. The van der Waals surface area contributed by atoms with Gasteiger partial charge >= 0.3 is 0 Å². The van der Waals surface area contributed by atoms with Gasteiger partial charge in [0.15, 0.2) is 11.6 Å². The molecule has 0 spiro atoms. The first-order chi connectivity index (χ1) is 21.4. The maximum atomic E-state index is 4.43. The number of anilines is 6. The minimum Gasteiger partial charge on any atom is -0.350 e. The lowest BCUT2D eigenvalue weighted by Gasteiger charge is -2.28. The lowest BCUT2D eigenvalue weighted by Crippen LogP contribution is -2.36. The molecule has 0 saturated carbocycles. The number of rotatable bonds is 2. The molecule has 0 fully saturated rings. The summed E-state index contributed by atoms with van der Waals surface area (Å²) in [5, 5.41) is 0. The third kappa shape index (κ3) is 8.04. The van der Waals surface area contributed by atoms with Crippen molar-refractivity contribution in [2.75, 3.05) is 33.7 Å². The first-order valence-electron chi connectivity index (χ1n) is 16.2. The van der Waals surface area contributed by atoms with Crippen LogP contribution in [0.15, 0.2) is 73.6 Å². The fraction of sp³-hybridized carbons (Fsp3) is 0.444. The Balaban J connectivity index is 0.000000359. The molecule has 0 aliphatic carbocycles. The van der Waals surface area contributed by atoms with Gasteiger partial charge in [0.1, 0.15) is 36.4 Å². The molecule has 0 amide bonds. The third-order valence-electron chi connectivity index (χ3n) is 7.17. The van der Waals surface area contributed by atoms with Crippen molar-refractivity contribution in [2.24, 2.45) is 0 Å². The Bertz CT molecular complexity index is 1270. The van der Waals surface area contributed by atoms with Crippen molar-refractivity contribution in [3.8, 4) is 0 Å². The maximum absolute atomic E-state index is 4.43. The molecule has 240 valence electrons. The Hall–Kier alpha value is -4.20. The van der Waals surface area contributed by atoms with E-state index < -0.39 is 0 Å². The van der Waals surface area contributed by atoms with Gasteiger partial charge < -0.3 is 19.6 Å². The van der Waals surface area contributed by atoms with Crippen molar-refractivity contribution in [3.05, 3.63) is 84.7 Å². The molecule has 44 heavy (non-hydrogen) atoms. The van der Waals surface area contributed by atoms with Gasteiger partial charge in [-0.3, -0.25) is 0 Å². The lowest BCUT2D eigenvalue weighted by molar-refractivity contribution is 0.728. The van der Waals surface area contributed by atoms with Crippen LogP contribution in [0.4, 0.5) is 34.4 Å². The van der Waals surface area contributed by atoms with Gasteiger partial charge in [-0.15, -0.1) is 0 Å². The summed E-state index contributed by atoms with van der Waals surface area (Å²) in [6.07, 6.45) is 7.46. The fourth-order valence-corrected chi connectivity index (χ4v) is 4.92. The summed E-state index contributed by atoms with van der Waals surface area (Å²) in [7, 11) is 4.14. The van der Waals surface area contributed by atoms with Gasteiger partial charge in [-0.2, -0.15) is 0 Å². The minimum absolute atomic E-state index is 0.248. The molecule has 4 aromatic rings. The second-order valence-corrected chi connectivity index (χ2v) is 9.26. The van der Waals surface area contributed by atoms with E-state index in [0.717, 1.165) is 23.0 Å². The molecule has 2 atom stereocenters. The number of fused-ring (bicyclic) bond motifs is 2. The zero-order valence-electron chi connectivity index (χ0n) is 29.7. The maximum Gasteiger partial charge on any atom is 0.161 e. The van der Waals surface area contributed by atoms with Crippen LogP contribution in [0, 0.1) is 13.8 Å². The van der Waals surface area contributed by atoms with Crippen molar-refractivity contribution in [2.45, 2.75) is 95.4 Å². The highest BCUT2D eigenvalue weighted by Gasteiger charge is 2.34. The van der Waals surface area contributed by atoms with E-state index in [9.17, 15) is 0 Å². The quantitative estimate of drug-likeness (QED) is 0.225. The molecule has 2 aromatic heterocycles. The number of hydrogen-bond acceptors (Lipinski definition) is 8. The first kappa shape index (κ1) is 37.8. The molecule has 8 heteroatoms. The molecule has 0 N–H and O–H groups in total. The van der Waals surface area contributed by atoms with E-state index >= 15 is 0 Å². The van der Waals surface area contributed by atoms with Crippen LogP contribution in [0.5, 0.6) is 0 Å². The van der Waals surface area contributed by atoms with E-state index in [1.165, 1.54) is 22.5 Å². The topological polar surface area (TPSA) is 64.5 Å². The van der Waals surface area contributed by atoms with E-state index in [0.29, 0.717) is 0 Å². The van der Waals surface area contributed by atoms with Crippen LogP contribution in [0.2, 0.25) is 0 Å². The van der Waals surface area contributed by atoms with Crippen LogP contribution in [-0.2, 0) is 0 Å². The van der Waals surface area contributed by atoms with Gasteiger partial charge in [-0.05, 0) is 51.0 Å². The number of benzene rings is 2. The second kappa shape index (κ2) is 19.2. The van der Waals surface area contributed by atoms with Gasteiger partial charge in [-0.1, -0.05) is 91.8 Å². The zero-order valence-corrected chi connectivity index (χ0v) is 29.7. The number of para-hydroxylation sites is 2. The Kier molecular flexibility index (Phi) is 16.5. The van der Waals surface area contributed by atoms with E-state index in [-0.39, 0.29) is 12.3 Å². The van der Waals surface area contributed by atoms with E-state index in [1.54, 1.807) is 12.7 Å². The van der Waals surface area contributed by atoms with E-state index in [4.69, 9.17) is 0 Å². The monoisotopic (exact) mass is 600 g/mol. The van der Waals surface area contributed by atoms with Crippen LogP contribution >= 0.6 is 0 Å². The molecule has 4 heterocycles. The summed E-state index contributed by atoms with van der Waals surface area (Å²) in [6, 6.07) is 16.8. The molecular formula is C36H56N8. The van der Waals surface area contributed by atoms with Crippen LogP contribution in [0.3, 0.4) is 0 Å². The molecule has 2 unspecified atom stereocenters. The summed E-state index contributed by atoms with van der Waals surface area (Å²) < 4.78 is 0. The molecule has 6 rings (SSSR count). The highest BCUT2D eigenvalue weighted by Crippen LogP contribution is 2.43. The second-order valence-electron chi connectivity index (χ2n) is 9.26. The highest BCUT2D eigenvalue weighted by molar-refractivity contribution is 5.81. The summed E-state index contributed by atoms with van der Waals surface area (Å²) >= 11 is 0. The average Bonchev–Trinajstić information content (AvgIpc) is 3.50. The lowest BCUT2D eigenvalue weighted by atomic mass is 10.1. The smallest absolute Gasteiger partial charge is 0.161 e. The average molecular weight is 601 g/mol. The Morgan fingerprint density at radius 1 is 0.500 bits per heavy atom. The molecule has 8 nitrogen and oxygen atoms in total. The van der Waals surface area contributed by atoms with Crippen molar-refractivity contribution in [3.63, 3.8) is 0 Å². The Morgan fingerprint density at radius 3 is 1.41 bits per heavy atom. The SMILES string of the molecule is CC.CC.CC.CC.Cc1ccccc1N1c2cncnc2N(C)C1C.Cc1ccccc1N1c2ncncc2N(C)C1C. The number of aromatic nitrogens is 4. The van der Waals surface area contributed by atoms with Gasteiger partial charge in [0.05, 0.1) is 12.4 Å². The van der Waals surface area contributed by atoms with Crippen LogP contribution in [-0.4, -0.2) is 46.4 Å². The van der Waals surface area contributed by atoms with E-state index in [2.05, 4.69) is 130 Å². The predicted octanol–water partition coefficient (Wildman–Crippen LogP) is 9.54. The molecule has 0 saturated heterocycles. The molecular weight excluding hydrogens is 544 g/mol. The first-order valence-corrected chi connectivity index (χ1v) is 16.2. The zero-order chi connectivity index (χ0) is 33.4. The number of nitrogens with zero attached hydrogens (tertiary/aromatic N) is 8. The molecule has 0 bridgehead atoms. The summed E-state index contributed by atoms with van der Waals surface area (Å²) in [4.78, 5) is 26.0. The van der Waals surface area contributed by atoms with Crippen LogP contribution in [0.1, 0.15) is 80.4 Å². The van der Waals surface area contributed by atoms with Gasteiger partial charge in [0.25, 0.3) is 0 Å². The Morgan fingerprint density at radius 2 is 0.909 bits per heavy atom. The minimum atomic E-state index is 0.248. The largest absolute Gasteiger partial charge is 0.350 e. The normalized spacial score (nSPS) is 15.3. The molecule has 0 radical (unpaired) electrons. The van der Waals surface area contributed by atoms with Gasteiger partial charge in [0.2, 0.25) is 0 Å². The van der Waals surface area contributed by atoms with E-state index in [1.807, 2.05) is 67.8 Å². The van der Waals surface area contributed by atoms with Crippen molar-refractivity contribution >= 4 is 34.4 Å². The van der Waals surface area contributed by atoms with Crippen molar-refractivity contribution in [1.82, 2.24) is 19.9 Å². The summed E-state index contributed by atoms with van der Waals surface area (Å²) in [5.74, 6) is 1.97. The summed E-state index contributed by atoms with van der Waals surface area (Å²) in [6.45, 7) is 24.6. The number of hydrogen-bond donors (Lipinski definition) is 0. The van der Waals surface area contributed by atoms with Crippen molar-refractivity contribution in [1.29, 1.82) is 0 Å². The van der Waals surface area contributed by atoms with Crippen LogP contribution < -0.4 is 19.6 Å². The number of aryl methyl sites for hydroxylation is 2. The van der Waals surface area contributed by atoms with Crippen LogP contribution in [0.25, 0.3) is 0 Å². The molecule has 2 aromatic carbocycles.